The van der Waals surface area contributed by atoms with E-state index < -0.39 is 17.8 Å². The molecule has 2 rings (SSSR count). The van der Waals surface area contributed by atoms with Crippen LogP contribution in [0.1, 0.15) is 49.2 Å². The average Bonchev–Trinajstić information content (AvgIpc) is 2.66. The molecule has 3 atom stereocenters. The van der Waals surface area contributed by atoms with Crippen molar-refractivity contribution >= 4 is 11.8 Å². The molecule has 138 valence electrons. The molecule has 0 fully saturated rings. The summed E-state index contributed by atoms with van der Waals surface area (Å²) in [7, 11) is 0. The van der Waals surface area contributed by atoms with Crippen LogP contribution in [0.4, 0.5) is 4.39 Å². The van der Waals surface area contributed by atoms with E-state index in [0.717, 1.165) is 12.0 Å². The number of hydrogen-bond acceptors (Lipinski definition) is 2. The lowest BCUT2D eigenvalue weighted by Crippen LogP contribution is -2.50. The zero-order valence-corrected chi connectivity index (χ0v) is 15.3. The lowest BCUT2D eigenvalue weighted by Gasteiger charge is -2.25. The van der Waals surface area contributed by atoms with Gasteiger partial charge in [0.15, 0.2) is 0 Å². The van der Waals surface area contributed by atoms with Crippen LogP contribution in [0.2, 0.25) is 0 Å². The highest BCUT2D eigenvalue weighted by atomic mass is 19.1. The van der Waals surface area contributed by atoms with E-state index in [9.17, 15) is 14.0 Å². The molecular weight excluding hydrogens is 331 g/mol. The molecule has 0 aliphatic carbocycles. The van der Waals surface area contributed by atoms with Crippen molar-refractivity contribution in [3.8, 4) is 0 Å². The van der Waals surface area contributed by atoms with E-state index in [0.29, 0.717) is 5.56 Å². The molecule has 0 saturated heterocycles. The van der Waals surface area contributed by atoms with Crippen molar-refractivity contribution in [2.75, 3.05) is 0 Å². The van der Waals surface area contributed by atoms with Gasteiger partial charge in [-0.15, -0.1) is 0 Å². The molecule has 5 heteroatoms. The minimum atomic E-state index is -0.663. The summed E-state index contributed by atoms with van der Waals surface area (Å²) in [6.45, 7) is 5.79. The topological polar surface area (TPSA) is 58.2 Å². The third-order valence-electron chi connectivity index (χ3n) is 4.55. The number of nitrogens with one attached hydrogen (secondary N) is 2. The van der Waals surface area contributed by atoms with E-state index in [-0.39, 0.29) is 17.9 Å². The Morgan fingerprint density at radius 2 is 1.58 bits per heavy atom. The van der Waals surface area contributed by atoms with Crippen LogP contribution in [0.15, 0.2) is 54.6 Å². The Balaban J connectivity index is 2.09. The second kappa shape index (κ2) is 9.13. The Labute approximate surface area is 153 Å². The van der Waals surface area contributed by atoms with Crippen molar-refractivity contribution in [3.05, 3.63) is 71.5 Å². The fourth-order valence-electron chi connectivity index (χ4n) is 2.66. The molecule has 0 bridgehead atoms. The van der Waals surface area contributed by atoms with E-state index in [2.05, 4.69) is 10.6 Å². The molecule has 0 aliphatic heterocycles. The molecular formula is C21H25FN2O2. The van der Waals surface area contributed by atoms with Crippen LogP contribution in [0.3, 0.4) is 0 Å². The molecule has 2 aromatic rings. The summed E-state index contributed by atoms with van der Waals surface area (Å²) in [6.07, 6.45) is 0.738. The Morgan fingerprint density at radius 3 is 2.15 bits per heavy atom. The monoisotopic (exact) mass is 356 g/mol. The van der Waals surface area contributed by atoms with Crippen LogP contribution in [-0.4, -0.2) is 17.9 Å². The van der Waals surface area contributed by atoms with Crippen molar-refractivity contribution in [2.24, 2.45) is 5.92 Å². The van der Waals surface area contributed by atoms with E-state index >= 15 is 0 Å². The second-order valence-electron chi connectivity index (χ2n) is 6.48. The van der Waals surface area contributed by atoms with Crippen LogP contribution in [-0.2, 0) is 4.79 Å². The van der Waals surface area contributed by atoms with Gasteiger partial charge in [0, 0.05) is 5.56 Å². The quantitative estimate of drug-likeness (QED) is 0.792. The Morgan fingerprint density at radius 1 is 0.962 bits per heavy atom. The standard InChI is InChI=1S/C21H25FN2O2/c1-4-14(2)19(24-20(25)17-10-12-18(22)13-11-17)21(26)23-15(3)16-8-6-5-7-9-16/h5-15,19H,4H2,1-3H3,(H,23,26)(H,24,25)/t14-,15-,19-/m0/s1. The summed E-state index contributed by atoms with van der Waals surface area (Å²) in [5, 5.41) is 5.75. The highest BCUT2D eigenvalue weighted by Crippen LogP contribution is 2.15. The third-order valence-corrected chi connectivity index (χ3v) is 4.55. The minimum absolute atomic E-state index is 0.0395. The van der Waals surface area contributed by atoms with Crippen LogP contribution >= 0.6 is 0 Å². The van der Waals surface area contributed by atoms with Gasteiger partial charge in [0.25, 0.3) is 5.91 Å². The predicted molar refractivity (Wildman–Crippen MR) is 100 cm³/mol. The number of amides is 2. The molecule has 0 spiro atoms. The molecule has 0 saturated carbocycles. The Bertz CT molecular complexity index is 731. The normalized spacial score (nSPS) is 14.2. The number of rotatable bonds is 7. The van der Waals surface area contributed by atoms with Gasteiger partial charge in [-0.1, -0.05) is 50.6 Å². The van der Waals surface area contributed by atoms with Gasteiger partial charge in [-0.2, -0.15) is 0 Å². The fourth-order valence-corrected chi connectivity index (χ4v) is 2.66. The molecule has 4 nitrogen and oxygen atoms in total. The maximum atomic E-state index is 13.0. The second-order valence-corrected chi connectivity index (χ2v) is 6.48. The largest absolute Gasteiger partial charge is 0.348 e. The molecule has 0 aliphatic rings. The number of benzene rings is 2. The van der Waals surface area contributed by atoms with E-state index in [1.54, 1.807) is 0 Å². The maximum absolute atomic E-state index is 13.0. The van der Waals surface area contributed by atoms with Crippen molar-refractivity contribution < 1.29 is 14.0 Å². The highest BCUT2D eigenvalue weighted by molar-refractivity contribution is 5.97. The molecule has 26 heavy (non-hydrogen) atoms. The zero-order chi connectivity index (χ0) is 19.1. The van der Waals surface area contributed by atoms with E-state index in [1.165, 1.54) is 24.3 Å². The Hall–Kier alpha value is -2.69. The van der Waals surface area contributed by atoms with Crippen LogP contribution in [0.5, 0.6) is 0 Å². The van der Waals surface area contributed by atoms with Gasteiger partial charge < -0.3 is 10.6 Å². The van der Waals surface area contributed by atoms with Crippen molar-refractivity contribution in [1.82, 2.24) is 10.6 Å². The number of carbonyl (C=O) groups excluding carboxylic acids is 2. The van der Waals surface area contributed by atoms with Gasteiger partial charge >= 0.3 is 0 Å². The molecule has 2 amide bonds. The van der Waals surface area contributed by atoms with Gasteiger partial charge in [-0.05, 0) is 42.7 Å². The van der Waals surface area contributed by atoms with Crippen LogP contribution in [0.25, 0.3) is 0 Å². The molecule has 2 aromatic carbocycles. The SMILES string of the molecule is CC[C@H](C)[C@H](NC(=O)c1ccc(F)cc1)C(=O)N[C@@H](C)c1ccccc1. The lowest BCUT2D eigenvalue weighted by molar-refractivity contribution is -0.124. The smallest absolute Gasteiger partial charge is 0.251 e. The summed E-state index contributed by atoms with van der Waals surface area (Å²) < 4.78 is 13.0. The van der Waals surface area contributed by atoms with E-state index in [1.807, 2.05) is 51.1 Å². The molecule has 0 unspecified atom stereocenters. The summed E-state index contributed by atoms with van der Waals surface area (Å²) in [6, 6.07) is 14.1. The zero-order valence-electron chi connectivity index (χ0n) is 15.3. The maximum Gasteiger partial charge on any atom is 0.251 e. The van der Waals surface area contributed by atoms with Gasteiger partial charge in [0.1, 0.15) is 11.9 Å². The van der Waals surface area contributed by atoms with Crippen LogP contribution in [0, 0.1) is 11.7 Å². The number of hydrogen-bond donors (Lipinski definition) is 2. The predicted octanol–water partition coefficient (Wildman–Crippen LogP) is 3.85. The summed E-state index contributed by atoms with van der Waals surface area (Å²) in [5.74, 6) is -1.07. The number of halogens is 1. The third kappa shape index (κ3) is 5.15. The van der Waals surface area contributed by atoms with Crippen molar-refractivity contribution in [2.45, 2.75) is 39.3 Å². The highest BCUT2D eigenvalue weighted by Gasteiger charge is 2.27. The first kappa shape index (κ1) is 19.6. The molecule has 0 heterocycles. The molecule has 2 N–H and O–H groups in total. The summed E-state index contributed by atoms with van der Waals surface area (Å²) in [4.78, 5) is 25.2. The van der Waals surface area contributed by atoms with Gasteiger partial charge in [0.05, 0.1) is 6.04 Å². The lowest BCUT2D eigenvalue weighted by atomic mass is 9.97. The first-order chi connectivity index (χ1) is 12.4. The van der Waals surface area contributed by atoms with Crippen LogP contribution < -0.4 is 10.6 Å². The van der Waals surface area contributed by atoms with Crippen molar-refractivity contribution in [3.63, 3.8) is 0 Å². The van der Waals surface area contributed by atoms with Gasteiger partial charge in [-0.25, -0.2) is 4.39 Å². The fraction of sp³-hybridized carbons (Fsp3) is 0.333. The minimum Gasteiger partial charge on any atom is -0.348 e. The summed E-state index contributed by atoms with van der Waals surface area (Å²) in [5.41, 5.74) is 1.32. The molecule has 0 aromatic heterocycles. The average molecular weight is 356 g/mol. The van der Waals surface area contributed by atoms with E-state index in [4.69, 9.17) is 0 Å². The first-order valence-electron chi connectivity index (χ1n) is 8.84. The molecule has 0 radical (unpaired) electrons. The first-order valence-corrected chi connectivity index (χ1v) is 8.84. The van der Waals surface area contributed by atoms with Gasteiger partial charge in [-0.3, -0.25) is 9.59 Å². The van der Waals surface area contributed by atoms with Crippen molar-refractivity contribution in [1.29, 1.82) is 0 Å². The number of carbonyl (C=O) groups is 2. The summed E-state index contributed by atoms with van der Waals surface area (Å²) >= 11 is 0. The van der Waals surface area contributed by atoms with Gasteiger partial charge in [0.2, 0.25) is 5.91 Å². The Kier molecular flexibility index (Phi) is 6.89.